The summed E-state index contributed by atoms with van der Waals surface area (Å²) in [6.45, 7) is 0. The maximum absolute atomic E-state index is 5.04. The van der Waals surface area contributed by atoms with Gasteiger partial charge in [-0.3, -0.25) is 0 Å². The van der Waals surface area contributed by atoms with E-state index in [1.807, 2.05) is 60.7 Å². The lowest BCUT2D eigenvalue weighted by atomic mass is 10.0. The van der Waals surface area contributed by atoms with Crippen molar-refractivity contribution in [2.45, 2.75) is 0 Å². The lowest BCUT2D eigenvalue weighted by Crippen LogP contribution is -2.00. The van der Waals surface area contributed by atoms with Gasteiger partial charge >= 0.3 is 0 Å². The maximum Gasteiger partial charge on any atom is 0.164 e. The number of aromatic nitrogens is 6. The quantitative estimate of drug-likeness (QED) is 0.161. The Morgan fingerprint density at radius 1 is 0.262 bits per heavy atom. The molecule has 0 unspecified atom stereocenters. The van der Waals surface area contributed by atoms with Gasteiger partial charge in [-0.05, 0) is 90.0 Å². The first-order valence-corrected chi connectivity index (χ1v) is 21.9. The lowest BCUT2D eigenvalue weighted by molar-refractivity contribution is 1.07. The summed E-state index contributed by atoms with van der Waals surface area (Å²) >= 11 is 0. The molecule has 65 heavy (non-hydrogen) atoms. The van der Waals surface area contributed by atoms with Gasteiger partial charge in [-0.25, -0.2) is 15.0 Å². The average molecular weight is 831 g/mol. The fourth-order valence-corrected chi connectivity index (χ4v) is 9.65. The molecule has 9 aromatic carbocycles. The van der Waals surface area contributed by atoms with E-state index in [9.17, 15) is 0 Å². The second-order valence-electron chi connectivity index (χ2n) is 16.5. The molecule has 0 saturated heterocycles. The molecule has 0 radical (unpaired) electrons. The molecule has 0 aliphatic carbocycles. The third kappa shape index (κ3) is 6.15. The molecule has 0 spiro atoms. The molecule has 4 aromatic heterocycles. The molecular formula is C59H38N6. The van der Waals surface area contributed by atoms with Crippen LogP contribution in [0.25, 0.3) is 117 Å². The number of rotatable bonds is 7. The smallest absolute Gasteiger partial charge is 0.164 e. The molecule has 6 heteroatoms. The van der Waals surface area contributed by atoms with Gasteiger partial charge in [0.25, 0.3) is 0 Å². The van der Waals surface area contributed by atoms with Crippen molar-refractivity contribution < 1.29 is 0 Å². The van der Waals surface area contributed by atoms with Crippen molar-refractivity contribution in [1.29, 1.82) is 0 Å². The van der Waals surface area contributed by atoms with Crippen LogP contribution in [0.4, 0.5) is 0 Å². The third-order valence-electron chi connectivity index (χ3n) is 12.7. The van der Waals surface area contributed by atoms with Gasteiger partial charge in [-0.15, -0.1) is 0 Å². The maximum atomic E-state index is 5.04. The minimum atomic E-state index is 0.628. The molecule has 13 aromatic rings. The van der Waals surface area contributed by atoms with Crippen LogP contribution in [0.15, 0.2) is 231 Å². The van der Waals surface area contributed by atoms with Gasteiger partial charge in [0.05, 0.1) is 27.6 Å². The zero-order valence-electron chi connectivity index (χ0n) is 35.1. The third-order valence-corrected chi connectivity index (χ3v) is 12.7. The van der Waals surface area contributed by atoms with E-state index in [2.05, 4.69) is 184 Å². The van der Waals surface area contributed by atoms with Crippen LogP contribution < -0.4 is 0 Å². The van der Waals surface area contributed by atoms with Crippen LogP contribution in [0.5, 0.6) is 0 Å². The van der Waals surface area contributed by atoms with E-state index in [-0.39, 0.29) is 0 Å². The number of fused-ring (bicyclic) bond motifs is 7. The highest BCUT2D eigenvalue weighted by molar-refractivity contribution is 6.20. The van der Waals surface area contributed by atoms with Crippen molar-refractivity contribution in [1.82, 2.24) is 28.7 Å². The molecule has 304 valence electrons. The van der Waals surface area contributed by atoms with E-state index in [4.69, 9.17) is 15.0 Å². The second-order valence-corrected chi connectivity index (χ2v) is 16.5. The molecule has 0 aliphatic heterocycles. The molecule has 4 heterocycles. The van der Waals surface area contributed by atoms with Gasteiger partial charge in [0.15, 0.2) is 17.5 Å². The molecular weight excluding hydrogens is 793 g/mol. The lowest BCUT2D eigenvalue weighted by Gasteiger charge is -2.12. The molecule has 0 amide bonds. The fraction of sp³-hybridized carbons (Fsp3) is 0. The van der Waals surface area contributed by atoms with Crippen LogP contribution in [-0.2, 0) is 0 Å². The topological polar surface area (TPSA) is 53.5 Å². The van der Waals surface area contributed by atoms with Crippen LogP contribution in [0.3, 0.4) is 0 Å². The average Bonchev–Trinajstić information content (AvgIpc) is 4.05. The summed E-state index contributed by atoms with van der Waals surface area (Å²) in [5.41, 5.74) is 14.2. The highest BCUT2D eigenvalue weighted by Crippen LogP contribution is 2.42. The summed E-state index contributed by atoms with van der Waals surface area (Å²) in [6.07, 6.45) is 2.18. The molecule has 0 aliphatic rings. The van der Waals surface area contributed by atoms with Gasteiger partial charge in [0, 0.05) is 66.9 Å². The molecule has 0 atom stereocenters. The van der Waals surface area contributed by atoms with E-state index in [1.54, 1.807) is 0 Å². The van der Waals surface area contributed by atoms with Gasteiger partial charge in [0.1, 0.15) is 0 Å². The molecule has 0 bridgehead atoms. The van der Waals surface area contributed by atoms with Crippen LogP contribution in [0.1, 0.15) is 0 Å². The molecule has 13 rings (SSSR count). The summed E-state index contributed by atoms with van der Waals surface area (Å²) in [4.78, 5) is 15.0. The Balaban J connectivity index is 1.02. The predicted molar refractivity (Wildman–Crippen MR) is 267 cm³/mol. The van der Waals surface area contributed by atoms with Crippen molar-refractivity contribution in [2.24, 2.45) is 0 Å². The molecule has 0 fully saturated rings. The Morgan fingerprint density at radius 3 is 1.37 bits per heavy atom. The highest BCUT2D eigenvalue weighted by atomic mass is 15.0. The fourth-order valence-electron chi connectivity index (χ4n) is 9.65. The Hall–Kier alpha value is -8.87. The van der Waals surface area contributed by atoms with Crippen molar-refractivity contribution in [3.05, 3.63) is 231 Å². The summed E-state index contributed by atoms with van der Waals surface area (Å²) < 4.78 is 7.16. The van der Waals surface area contributed by atoms with Crippen LogP contribution in [0.2, 0.25) is 0 Å². The molecule has 0 N–H and O–H groups in total. The van der Waals surface area contributed by atoms with Gasteiger partial charge < -0.3 is 13.7 Å². The van der Waals surface area contributed by atoms with E-state index in [0.717, 1.165) is 55.9 Å². The first kappa shape index (κ1) is 36.8. The standard InChI is InChI=1S/C59H38N6/c1-5-17-39(18-6-1)57-60-58(40-19-7-2-8-20-40)62-59(61-57)44-23-15-21-41(33-44)42-22-16-28-47(34-42)65-54-35-43-31-32-63(45-24-9-3-10-25-45)53(43)36-50(54)51-38-55-49(37-56(51)65)48-29-13-14-30-52(48)64(55)46-26-11-4-12-27-46/h1-38H. The number of nitrogens with zero attached hydrogens (tertiary/aromatic N) is 6. The van der Waals surface area contributed by atoms with Gasteiger partial charge in [-0.2, -0.15) is 0 Å². The Kier molecular flexibility index (Phi) is 8.42. The van der Waals surface area contributed by atoms with Crippen molar-refractivity contribution in [2.75, 3.05) is 0 Å². The SMILES string of the molecule is c1ccc(-c2nc(-c3ccccc3)nc(-c3cccc(-c4cccc(-n5c6cc7ccn(-c8ccccc8)c7cc6c6cc7c(cc65)c5ccccc5n7-c5ccccc5)c4)c3)n2)cc1. The van der Waals surface area contributed by atoms with Gasteiger partial charge in [0.2, 0.25) is 0 Å². The summed E-state index contributed by atoms with van der Waals surface area (Å²) in [5.74, 6) is 1.91. The van der Waals surface area contributed by atoms with Crippen LogP contribution in [0, 0.1) is 0 Å². The Labute approximate surface area is 374 Å². The molecule has 0 saturated carbocycles. The number of benzene rings is 9. The van der Waals surface area contributed by atoms with Crippen molar-refractivity contribution >= 4 is 54.5 Å². The highest BCUT2D eigenvalue weighted by Gasteiger charge is 2.21. The van der Waals surface area contributed by atoms with Crippen molar-refractivity contribution in [3.8, 4) is 62.4 Å². The Morgan fingerprint density at radius 2 is 0.708 bits per heavy atom. The summed E-state index contributed by atoms with van der Waals surface area (Å²) in [7, 11) is 0. The minimum absolute atomic E-state index is 0.628. The largest absolute Gasteiger partial charge is 0.317 e. The number of para-hydroxylation sites is 3. The predicted octanol–water partition coefficient (Wildman–Crippen LogP) is 14.7. The number of hydrogen-bond donors (Lipinski definition) is 0. The van der Waals surface area contributed by atoms with E-state index < -0.39 is 0 Å². The number of hydrogen-bond acceptors (Lipinski definition) is 3. The normalized spacial score (nSPS) is 11.7. The second kappa shape index (κ2) is 14.9. The zero-order chi connectivity index (χ0) is 42.8. The van der Waals surface area contributed by atoms with E-state index in [0.29, 0.717) is 17.5 Å². The summed E-state index contributed by atoms with van der Waals surface area (Å²) in [5, 5.41) is 6.01. The van der Waals surface area contributed by atoms with Gasteiger partial charge in [-0.1, -0.05) is 146 Å². The van der Waals surface area contributed by atoms with E-state index in [1.165, 1.54) is 43.5 Å². The monoisotopic (exact) mass is 830 g/mol. The van der Waals surface area contributed by atoms with E-state index >= 15 is 0 Å². The molecule has 6 nitrogen and oxygen atoms in total. The van der Waals surface area contributed by atoms with Crippen LogP contribution in [-0.4, -0.2) is 28.7 Å². The zero-order valence-corrected chi connectivity index (χ0v) is 35.1. The van der Waals surface area contributed by atoms with Crippen molar-refractivity contribution in [3.63, 3.8) is 0 Å². The first-order valence-electron chi connectivity index (χ1n) is 21.9. The first-order chi connectivity index (χ1) is 32.2. The summed E-state index contributed by atoms with van der Waals surface area (Å²) in [6, 6.07) is 79.6. The van der Waals surface area contributed by atoms with Crippen LogP contribution >= 0.6 is 0 Å². The minimum Gasteiger partial charge on any atom is -0.317 e. The Bertz CT molecular complexity index is 3870.